The zero-order valence-corrected chi connectivity index (χ0v) is 14.0. The Morgan fingerprint density at radius 3 is 3.23 bits per heavy atom. The summed E-state index contributed by atoms with van der Waals surface area (Å²) in [7, 11) is 2.05. The summed E-state index contributed by atoms with van der Waals surface area (Å²) in [6.07, 6.45) is 3.08. The van der Waals surface area contributed by atoms with Crippen molar-refractivity contribution < 1.29 is 9.53 Å². The molecule has 0 aliphatic carbocycles. The molecular formula is C17H24N2O2S. The number of nitrogens with one attached hydrogen (secondary N) is 1. The number of nitrogens with zero attached hydrogens (tertiary/aromatic N) is 1. The van der Waals surface area contributed by atoms with Crippen molar-refractivity contribution in [2.24, 2.45) is 0 Å². The molecule has 1 fully saturated rings. The van der Waals surface area contributed by atoms with Crippen LogP contribution in [0.2, 0.25) is 0 Å². The van der Waals surface area contributed by atoms with Crippen LogP contribution in [-0.2, 0) is 17.6 Å². The van der Waals surface area contributed by atoms with Gasteiger partial charge in [-0.25, -0.2) is 0 Å². The molecule has 1 amide bonds. The molecule has 1 N–H and O–H groups in total. The molecule has 1 aromatic carbocycles. The first-order chi connectivity index (χ1) is 10.7. The second-order valence-corrected chi connectivity index (χ2v) is 7.22. The summed E-state index contributed by atoms with van der Waals surface area (Å²) >= 11 is 1.98. The number of carbonyl (C=O) groups is 1. The summed E-state index contributed by atoms with van der Waals surface area (Å²) in [6, 6.07) is 6.91. The molecule has 120 valence electrons. The minimum atomic E-state index is 0.129. The predicted molar refractivity (Wildman–Crippen MR) is 90.7 cm³/mol. The summed E-state index contributed by atoms with van der Waals surface area (Å²) < 4.78 is 5.51. The van der Waals surface area contributed by atoms with Crippen LogP contribution >= 0.6 is 11.8 Å². The van der Waals surface area contributed by atoms with Crippen molar-refractivity contribution in [3.63, 3.8) is 0 Å². The van der Waals surface area contributed by atoms with Gasteiger partial charge in [0, 0.05) is 24.8 Å². The molecule has 0 spiro atoms. The molecule has 4 nitrogen and oxygen atoms in total. The van der Waals surface area contributed by atoms with Crippen LogP contribution in [0.4, 0.5) is 0 Å². The van der Waals surface area contributed by atoms with Gasteiger partial charge in [-0.2, -0.15) is 11.8 Å². The Bertz CT molecular complexity index is 529. The van der Waals surface area contributed by atoms with E-state index in [0.717, 1.165) is 31.0 Å². The van der Waals surface area contributed by atoms with Crippen LogP contribution in [0, 0.1) is 0 Å². The number of benzene rings is 1. The highest BCUT2D eigenvalue weighted by Gasteiger charge is 2.21. The normalized spacial score (nSPS) is 20.0. The van der Waals surface area contributed by atoms with Crippen LogP contribution in [0.25, 0.3) is 0 Å². The van der Waals surface area contributed by atoms with Crippen LogP contribution in [0.1, 0.15) is 17.5 Å². The molecule has 3 rings (SSSR count). The Morgan fingerprint density at radius 1 is 1.50 bits per heavy atom. The van der Waals surface area contributed by atoms with Crippen molar-refractivity contribution >= 4 is 17.7 Å². The fourth-order valence-corrected chi connectivity index (χ4v) is 4.32. The maximum Gasteiger partial charge on any atom is 0.234 e. The summed E-state index contributed by atoms with van der Waals surface area (Å²) in [5.41, 5.74) is 2.56. The third-order valence-corrected chi connectivity index (χ3v) is 5.56. The van der Waals surface area contributed by atoms with Crippen molar-refractivity contribution in [1.82, 2.24) is 10.2 Å². The van der Waals surface area contributed by atoms with E-state index in [1.54, 1.807) is 0 Å². The quantitative estimate of drug-likeness (QED) is 0.866. The van der Waals surface area contributed by atoms with E-state index in [-0.39, 0.29) is 5.91 Å². The molecule has 1 aromatic rings. The maximum atomic E-state index is 12.0. The van der Waals surface area contributed by atoms with Crippen LogP contribution in [0.15, 0.2) is 18.2 Å². The number of fused-ring (bicyclic) bond motifs is 1. The fourth-order valence-electron chi connectivity index (χ4n) is 3.02. The Balaban J connectivity index is 1.40. The molecule has 2 aliphatic rings. The zero-order chi connectivity index (χ0) is 15.4. The predicted octanol–water partition coefficient (Wildman–Crippen LogP) is 1.72. The lowest BCUT2D eigenvalue weighted by molar-refractivity contribution is -0.122. The smallest absolute Gasteiger partial charge is 0.234 e. The van der Waals surface area contributed by atoms with Crippen molar-refractivity contribution in [1.29, 1.82) is 0 Å². The second-order valence-electron chi connectivity index (χ2n) is 6.07. The van der Waals surface area contributed by atoms with E-state index >= 15 is 0 Å². The highest BCUT2D eigenvalue weighted by molar-refractivity contribution is 7.99. The highest BCUT2D eigenvalue weighted by Crippen LogP contribution is 2.25. The minimum absolute atomic E-state index is 0.129. The molecule has 2 heterocycles. The number of thioether (sulfide) groups is 1. The van der Waals surface area contributed by atoms with Gasteiger partial charge in [0.25, 0.3) is 0 Å². The number of amides is 1. The van der Waals surface area contributed by atoms with Crippen LogP contribution in [-0.4, -0.2) is 55.1 Å². The molecule has 5 heteroatoms. The average molecular weight is 320 g/mol. The molecule has 0 saturated carbocycles. The first kappa shape index (κ1) is 15.7. The summed E-state index contributed by atoms with van der Waals surface area (Å²) in [5, 5.41) is 3.03. The number of carbonyl (C=O) groups excluding carboxylic acids is 1. The largest absolute Gasteiger partial charge is 0.493 e. The molecule has 0 radical (unpaired) electrons. The molecule has 0 unspecified atom stereocenters. The standard InChI is InChI=1S/C17H24N2O2S/c1-19(15-6-9-22-12-15)11-17(20)18-7-4-13-2-3-16-14(10-13)5-8-21-16/h2-3,10,15H,4-9,11-12H2,1H3,(H,18,20)/t15-/m0/s1. The van der Waals surface area contributed by atoms with E-state index in [0.29, 0.717) is 19.1 Å². The Labute approximate surface area is 136 Å². The van der Waals surface area contributed by atoms with Crippen LogP contribution in [0.3, 0.4) is 0 Å². The first-order valence-corrected chi connectivity index (χ1v) is 9.17. The fraction of sp³-hybridized carbons (Fsp3) is 0.588. The maximum absolute atomic E-state index is 12.0. The Morgan fingerprint density at radius 2 is 2.41 bits per heavy atom. The third kappa shape index (κ3) is 3.96. The number of hydrogen-bond donors (Lipinski definition) is 1. The van der Waals surface area contributed by atoms with Gasteiger partial charge in [0.05, 0.1) is 13.2 Å². The molecule has 22 heavy (non-hydrogen) atoms. The molecule has 1 saturated heterocycles. The monoisotopic (exact) mass is 320 g/mol. The summed E-state index contributed by atoms with van der Waals surface area (Å²) in [6.45, 7) is 2.00. The van der Waals surface area contributed by atoms with Gasteiger partial charge in [0.15, 0.2) is 0 Å². The van der Waals surface area contributed by atoms with Gasteiger partial charge in [-0.15, -0.1) is 0 Å². The Hall–Kier alpha value is -1.20. The third-order valence-electron chi connectivity index (χ3n) is 4.41. The molecular weight excluding hydrogens is 296 g/mol. The lowest BCUT2D eigenvalue weighted by atomic mass is 10.1. The molecule has 0 bridgehead atoms. The van der Waals surface area contributed by atoms with E-state index < -0.39 is 0 Å². The van der Waals surface area contributed by atoms with E-state index in [1.165, 1.54) is 23.3 Å². The van der Waals surface area contributed by atoms with Crippen LogP contribution in [0.5, 0.6) is 5.75 Å². The van der Waals surface area contributed by atoms with Crippen molar-refractivity contribution in [3.05, 3.63) is 29.3 Å². The van der Waals surface area contributed by atoms with Crippen molar-refractivity contribution in [2.75, 3.05) is 38.2 Å². The number of ether oxygens (including phenoxy) is 1. The number of rotatable bonds is 6. The summed E-state index contributed by atoms with van der Waals surface area (Å²) in [5.74, 6) is 3.52. The van der Waals surface area contributed by atoms with Gasteiger partial charge >= 0.3 is 0 Å². The van der Waals surface area contributed by atoms with Crippen molar-refractivity contribution in [2.45, 2.75) is 25.3 Å². The number of hydrogen-bond acceptors (Lipinski definition) is 4. The SMILES string of the molecule is CN(CC(=O)NCCc1ccc2c(c1)CCO2)[C@H]1CCSC1. The lowest BCUT2D eigenvalue weighted by Crippen LogP contribution is -2.41. The van der Waals surface area contributed by atoms with Gasteiger partial charge in [0.1, 0.15) is 5.75 Å². The summed E-state index contributed by atoms with van der Waals surface area (Å²) in [4.78, 5) is 14.2. The van der Waals surface area contributed by atoms with E-state index in [1.807, 2.05) is 17.8 Å². The van der Waals surface area contributed by atoms with Gasteiger partial charge in [-0.3, -0.25) is 9.69 Å². The Kier molecular flexibility index (Phi) is 5.26. The zero-order valence-electron chi connectivity index (χ0n) is 13.1. The van der Waals surface area contributed by atoms with Crippen molar-refractivity contribution in [3.8, 4) is 5.75 Å². The van der Waals surface area contributed by atoms with E-state index in [2.05, 4.69) is 29.4 Å². The molecule has 2 aliphatic heterocycles. The molecule has 0 aromatic heterocycles. The minimum Gasteiger partial charge on any atom is -0.493 e. The topological polar surface area (TPSA) is 41.6 Å². The lowest BCUT2D eigenvalue weighted by Gasteiger charge is -2.22. The number of likely N-dealkylation sites (N-methyl/N-ethyl adjacent to an activating group) is 1. The van der Waals surface area contributed by atoms with Gasteiger partial charge in [0.2, 0.25) is 5.91 Å². The van der Waals surface area contributed by atoms with Gasteiger partial charge < -0.3 is 10.1 Å². The highest BCUT2D eigenvalue weighted by atomic mass is 32.2. The molecule has 1 atom stereocenters. The van der Waals surface area contributed by atoms with Gasteiger partial charge in [-0.1, -0.05) is 12.1 Å². The second kappa shape index (κ2) is 7.38. The van der Waals surface area contributed by atoms with Crippen LogP contribution < -0.4 is 10.1 Å². The van der Waals surface area contributed by atoms with Gasteiger partial charge in [-0.05, 0) is 42.8 Å². The van der Waals surface area contributed by atoms with E-state index in [9.17, 15) is 4.79 Å². The van der Waals surface area contributed by atoms with E-state index in [4.69, 9.17) is 4.74 Å². The first-order valence-electron chi connectivity index (χ1n) is 8.01. The average Bonchev–Trinajstić information content (AvgIpc) is 3.18.